The van der Waals surface area contributed by atoms with Crippen LogP contribution in [0.3, 0.4) is 0 Å². The summed E-state index contributed by atoms with van der Waals surface area (Å²) in [6, 6.07) is 6.63. The highest BCUT2D eigenvalue weighted by atomic mass is 79.9. The highest BCUT2D eigenvalue weighted by Gasteiger charge is 2.06. The summed E-state index contributed by atoms with van der Waals surface area (Å²) in [6.45, 7) is 0.735. The summed E-state index contributed by atoms with van der Waals surface area (Å²) in [4.78, 5) is 3.18. The number of halogens is 2. The summed E-state index contributed by atoms with van der Waals surface area (Å²) in [7, 11) is 1.92. The molecule has 0 aliphatic heterocycles. The Bertz CT molecular complexity index is 507. The fourth-order valence-electron chi connectivity index (χ4n) is 1.58. The second kappa shape index (κ2) is 5.06. The Labute approximate surface area is 112 Å². The number of thiophene rings is 1. The van der Waals surface area contributed by atoms with Gasteiger partial charge >= 0.3 is 0 Å². The molecule has 2 nitrogen and oxygen atoms in total. The first-order valence-electron chi connectivity index (χ1n) is 5.05. The van der Waals surface area contributed by atoms with E-state index in [9.17, 15) is 4.39 Å². The van der Waals surface area contributed by atoms with E-state index in [1.807, 2.05) is 17.3 Å². The fraction of sp³-hybridized carbons (Fsp3) is 0.167. The molecule has 0 aliphatic rings. The third-order valence-electron chi connectivity index (χ3n) is 2.36. The van der Waals surface area contributed by atoms with Crippen molar-refractivity contribution in [2.24, 2.45) is 0 Å². The Kier molecular flexibility index (Phi) is 3.69. The number of benzene rings is 1. The molecule has 0 fully saturated rings. The van der Waals surface area contributed by atoms with E-state index >= 15 is 0 Å². The summed E-state index contributed by atoms with van der Waals surface area (Å²) >= 11 is 5.08. The van der Waals surface area contributed by atoms with Crippen LogP contribution in [0.1, 0.15) is 4.88 Å². The molecule has 5 heteroatoms. The van der Waals surface area contributed by atoms with Crippen LogP contribution in [0.4, 0.5) is 15.8 Å². The van der Waals surface area contributed by atoms with Crippen LogP contribution in [-0.2, 0) is 6.54 Å². The van der Waals surface area contributed by atoms with E-state index in [1.165, 1.54) is 17.0 Å². The summed E-state index contributed by atoms with van der Waals surface area (Å²) in [5, 5.41) is 2.03. The molecule has 2 aromatic rings. The van der Waals surface area contributed by atoms with Gasteiger partial charge in [0.15, 0.2) is 0 Å². The topological polar surface area (TPSA) is 29.3 Å². The van der Waals surface area contributed by atoms with Gasteiger partial charge in [-0.2, -0.15) is 0 Å². The Morgan fingerprint density at radius 3 is 2.71 bits per heavy atom. The molecule has 2 rings (SSSR count). The van der Waals surface area contributed by atoms with Gasteiger partial charge in [0.25, 0.3) is 0 Å². The van der Waals surface area contributed by atoms with Gasteiger partial charge in [0.1, 0.15) is 5.82 Å². The lowest BCUT2D eigenvalue weighted by Crippen LogP contribution is -2.15. The second-order valence-corrected chi connectivity index (χ2v) is 5.74. The maximum Gasteiger partial charge on any atom is 0.127 e. The predicted octanol–water partition coefficient (Wildman–Crippen LogP) is 3.87. The van der Waals surface area contributed by atoms with Crippen LogP contribution < -0.4 is 10.6 Å². The van der Waals surface area contributed by atoms with E-state index in [0.717, 1.165) is 16.7 Å². The van der Waals surface area contributed by atoms with Gasteiger partial charge in [0.2, 0.25) is 0 Å². The average Bonchev–Trinajstić information content (AvgIpc) is 2.62. The van der Waals surface area contributed by atoms with Crippen LogP contribution in [-0.4, -0.2) is 7.05 Å². The van der Waals surface area contributed by atoms with E-state index in [0.29, 0.717) is 5.69 Å². The van der Waals surface area contributed by atoms with Crippen molar-refractivity contribution in [3.05, 3.63) is 44.8 Å². The monoisotopic (exact) mass is 314 g/mol. The molecule has 0 aliphatic carbocycles. The van der Waals surface area contributed by atoms with Crippen molar-refractivity contribution in [1.82, 2.24) is 0 Å². The molecule has 2 N–H and O–H groups in total. The fourth-order valence-corrected chi connectivity index (χ4v) is 3.08. The van der Waals surface area contributed by atoms with E-state index in [1.54, 1.807) is 17.4 Å². The molecule has 0 amide bonds. The molecule has 0 radical (unpaired) electrons. The molecule has 1 heterocycles. The van der Waals surface area contributed by atoms with Crippen molar-refractivity contribution >= 4 is 38.6 Å². The molecule has 0 saturated heterocycles. The first-order valence-corrected chi connectivity index (χ1v) is 6.72. The molecular formula is C12H12BrFN2S. The summed E-state index contributed by atoms with van der Waals surface area (Å²) in [5.41, 5.74) is 6.85. The molecule has 1 aromatic carbocycles. The summed E-state index contributed by atoms with van der Waals surface area (Å²) in [5.74, 6) is -0.306. The predicted molar refractivity (Wildman–Crippen MR) is 74.9 cm³/mol. The molecule has 0 unspecified atom stereocenters. The minimum atomic E-state index is -0.306. The van der Waals surface area contributed by atoms with Crippen molar-refractivity contribution < 1.29 is 4.39 Å². The molecule has 17 heavy (non-hydrogen) atoms. The minimum Gasteiger partial charge on any atom is -0.399 e. The Hall–Kier alpha value is -1.07. The lowest BCUT2D eigenvalue weighted by Gasteiger charge is -2.18. The quantitative estimate of drug-likeness (QED) is 0.871. The van der Waals surface area contributed by atoms with Crippen molar-refractivity contribution in [2.45, 2.75) is 6.54 Å². The smallest absolute Gasteiger partial charge is 0.127 e. The minimum absolute atomic E-state index is 0.306. The Morgan fingerprint density at radius 2 is 2.12 bits per heavy atom. The van der Waals surface area contributed by atoms with Gasteiger partial charge in [-0.05, 0) is 40.2 Å². The van der Waals surface area contributed by atoms with Crippen LogP contribution in [0.15, 0.2) is 34.1 Å². The largest absolute Gasteiger partial charge is 0.399 e. The Balaban J connectivity index is 2.16. The molecule has 1 aromatic heterocycles. The molecule has 0 atom stereocenters. The molecular weight excluding hydrogens is 303 g/mol. The van der Waals surface area contributed by atoms with Crippen LogP contribution in [0.2, 0.25) is 0 Å². The zero-order chi connectivity index (χ0) is 12.4. The van der Waals surface area contributed by atoms with E-state index in [-0.39, 0.29) is 5.82 Å². The number of rotatable bonds is 3. The normalized spacial score (nSPS) is 10.5. The molecule has 90 valence electrons. The van der Waals surface area contributed by atoms with Crippen LogP contribution in [0, 0.1) is 5.82 Å². The Morgan fingerprint density at radius 1 is 1.35 bits per heavy atom. The number of hydrogen-bond acceptors (Lipinski definition) is 3. The highest BCUT2D eigenvalue weighted by Crippen LogP contribution is 2.24. The maximum absolute atomic E-state index is 13.2. The number of nitrogen functional groups attached to an aromatic ring is 1. The first kappa shape index (κ1) is 12.4. The van der Waals surface area contributed by atoms with Gasteiger partial charge in [-0.1, -0.05) is 0 Å². The number of nitrogens with zero attached hydrogens (tertiary/aromatic N) is 1. The lowest BCUT2D eigenvalue weighted by atomic mass is 10.2. The summed E-state index contributed by atoms with van der Waals surface area (Å²) < 4.78 is 14.3. The van der Waals surface area contributed by atoms with Gasteiger partial charge in [0, 0.05) is 33.2 Å². The van der Waals surface area contributed by atoms with E-state index < -0.39 is 0 Å². The van der Waals surface area contributed by atoms with Crippen LogP contribution >= 0.6 is 27.3 Å². The maximum atomic E-state index is 13.2. The number of nitrogens with two attached hydrogens (primary N) is 1. The number of anilines is 2. The van der Waals surface area contributed by atoms with Gasteiger partial charge in [-0.15, -0.1) is 11.3 Å². The van der Waals surface area contributed by atoms with Crippen molar-refractivity contribution in [3.63, 3.8) is 0 Å². The standard InChI is InChI=1S/C12H12BrFN2S/c1-16(6-12-2-8(13)7-17-12)11-4-9(14)3-10(15)5-11/h2-5,7H,6,15H2,1H3. The third kappa shape index (κ3) is 3.20. The van der Waals surface area contributed by atoms with Gasteiger partial charge < -0.3 is 10.6 Å². The molecule has 0 bridgehead atoms. The van der Waals surface area contributed by atoms with E-state index in [2.05, 4.69) is 22.0 Å². The zero-order valence-electron chi connectivity index (χ0n) is 9.28. The SMILES string of the molecule is CN(Cc1cc(Br)cs1)c1cc(N)cc(F)c1. The van der Waals surface area contributed by atoms with E-state index in [4.69, 9.17) is 5.73 Å². The lowest BCUT2D eigenvalue weighted by molar-refractivity contribution is 0.628. The van der Waals surface area contributed by atoms with Crippen LogP contribution in [0.5, 0.6) is 0 Å². The molecule has 0 saturated carbocycles. The third-order valence-corrected chi connectivity index (χ3v) is 4.04. The highest BCUT2D eigenvalue weighted by molar-refractivity contribution is 9.10. The molecule has 0 spiro atoms. The summed E-state index contributed by atoms with van der Waals surface area (Å²) in [6.07, 6.45) is 0. The van der Waals surface area contributed by atoms with Crippen molar-refractivity contribution in [3.8, 4) is 0 Å². The zero-order valence-corrected chi connectivity index (χ0v) is 11.7. The average molecular weight is 315 g/mol. The van der Waals surface area contributed by atoms with Gasteiger partial charge in [0.05, 0.1) is 6.54 Å². The number of hydrogen-bond donors (Lipinski definition) is 1. The van der Waals surface area contributed by atoms with Gasteiger partial charge in [-0.3, -0.25) is 0 Å². The van der Waals surface area contributed by atoms with Crippen molar-refractivity contribution in [1.29, 1.82) is 0 Å². The second-order valence-electron chi connectivity index (χ2n) is 3.83. The van der Waals surface area contributed by atoms with Crippen LogP contribution in [0.25, 0.3) is 0 Å². The first-order chi connectivity index (χ1) is 8.04. The van der Waals surface area contributed by atoms with Gasteiger partial charge in [-0.25, -0.2) is 4.39 Å². The van der Waals surface area contributed by atoms with Crippen molar-refractivity contribution in [2.75, 3.05) is 17.7 Å².